The van der Waals surface area contributed by atoms with Crippen LogP contribution in [-0.2, 0) is 11.2 Å². The van der Waals surface area contributed by atoms with E-state index in [-0.39, 0.29) is 11.5 Å². The van der Waals surface area contributed by atoms with Crippen LogP contribution in [0.3, 0.4) is 0 Å². The Labute approximate surface area is 119 Å². The van der Waals surface area contributed by atoms with E-state index in [0.29, 0.717) is 12.3 Å². The Morgan fingerprint density at radius 2 is 1.75 bits per heavy atom. The van der Waals surface area contributed by atoms with Gasteiger partial charge < -0.3 is 10.4 Å². The van der Waals surface area contributed by atoms with Crippen LogP contribution in [0.15, 0.2) is 24.3 Å². The summed E-state index contributed by atoms with van der Waals surface area (Å²) in [5, 5.41) is 11.8. The molecule has 1 aromatic carbocycles. The van der Waals surface area contributed by atoms with Gasteiger partial charge in [-0.15, -0.1) is 0 Å². The van der Waals surface area contributed by atoms with Crippen molar-refractivity contribution in [2.45, 2.75) is 38.5 Å². The monoisotopic (exact) mass is 275 g/mol. The van der Waals surface area contributed by atoms with Gasteiger partial charge in [-0.2, -0.15) is 0 Å². The Morgan fingerprint density at radius 3 is 2.35 bits per heavy atom. The summed E-state index contributed by atoms with van der Waals surface area (Å²) in [6, 6.07) is 6.46. The van der Waals surface area contributed by atoms with Gasteiger partial charge in [0.25, 0.3) is 0 Å². The summed E-state index contributed by atoms with van der Waals surface area (Å²) in [5.41, 5.74) is 1.09. The lowest BCUT2D eigenvalue weighted by molar-refractivity contribution is -0.120. The highest BCUT2D eigenvalue weighted by atomic mass is 16.4. The zero-order valence-corrected chi connectivity index (χ0v) is 11.6. The Hall–Kier alpha value is -1.84. The van der Waals surface area contributed by atoms with Crippen LogP contribution >= 0.6 is 0 Å². The molecule has 1 aromatic rings. The number of carbonyl (C=O) groups excluding carboxylic acids is 1. The normalized spacial score (nSPS) is 15.8. The maximum absolute atomic E-state index is 11.8. The van der Waals surface area contributed by atoms with E-state index in [2.05, 4.69) is 5.32 Å². The second-order valence-corrected chi connectivity index (χ2v) is 5.49. The van der Waals surface area contributed by atoms with E-state index in [1.54, 1.807) is 12.1 Å². The average Bonchev–Trinajstić information content (AvgIpc) is 2.47. The highest BCUT2D eigenvalue weighted by molar-refractivity contribution is 5.87. The number of rotatable bonds is 5. The molecule has 0 aromatic heterocycles. The van der Waals surface area contributed by atoms with Crippen molar-refractivity contribution < 1.29 is 14.7 Å². The molecule has 20 heavy (non-hydrogen) atoms. The summed E-state index contributed by atoms with van der Waals surface area (Å²) in [4.78, 5) is 22.6. The van der Waals surface area contributed by atoms with Gasteiger partial charge in [0.05, 0.1) is 12.0 Å². The summed E-state index contributed by atoms with van der Waals surface area (Å²) >= 11 is 0. The highest BCUT2D eigenvalue weighted by Gasteiger charge is 2.14. The predicted molar refractivity (Wildman–Crippen MR) is 76.7 cm³/mol. The molecular formula is C16H21NO3. The number of aromatic carboxylic acids is 1. The molecule has 0 unspecified atom stereocenters. The van der Waals surface area contributed by atoms with Crippen molar-refractivity contribution in [1.82, 2.24) is 5.32 Å². The first-order valence-corrected chi connectivity index (χ1v) is 7.24. The first-order chi connectivity index (χ1) is 9.65. The van der Waals surface area contributed by atoms with Gasteiger partial charge in [0.2, 0.25) is 5.91 Å². The molecule has 0 radical (unpaired) electrons. The maximum atomic E-state index is 11.8. The Bertz CT molecular complexity index is 461. The molecule has 1 fully saturated rings. The molecular weight excluding hydrogens is 254 g/mol. The molecule has 1 amide bonds. The van der Waals surface area contributed by atoms with E-state index in [4.69, 9.17) is 5.11 Å². The standard InChI is InChI=1S/C16H21NO3/c18-15(17-11-13-4-2-1-3-5-13)10-12-6-8-14(9-7-12)16(19)20/h6-9,13H,1-5,10-11H2,(H,17,18)(H,19,20). The molecule has 1 aliphatic rings. The van der Waals surface area contributed by atoms with E-state index in [1.807, 2.05) is 0 Å². The summed E-state index contributed by atoms with van der Waals surface area (Å²) in [5.74, 6) is -0.306. The summed E-state index contributed by atoms with van der Waals surface area (Å²) in [7, 11) is 0. The van der Waals surface area contributed by atoms with Crippen molar-refractivity contribution in [2.75, 3.05) is 6.54 Å². The molecule has 4 heteroatoms. The van der Waals surface area contributed by atoms with Crippen molar-refractivity contribution in [3.63, 3.8) is 0 Å². The molecule has 1 aliphatic carbocycles. The first kappa shape index (κ1) is 14.6. The molecule has 108 valence electrons. The van der Waals surface area contributed by atoms with E-state index >= 15 is 0 Å². The Balaban J connectivity index is 1.77. The van der Waals surface area contributed by atoms with Gasteiger partial charge in [0, 0.05) is 6.54 Å². The Kier molecular flexibility index (Phi) is 5.16. The third-order valence-corrected chi connectivity index (χ3v) is 3.88. The van der Waals surface area contributed by atoms with Crippen molar-refractivity contribution in [1.29, 1.82) is 0 Å². The second kappa shape index (κ2) is 7.08. The quantitative estimate of drug-likeness (QED) is 0.868. The number of nitrogens with one attached hydrogen (secondary N) is 1. The number of carbonyl (C=O) groups is 2. The van der Waals surface area contributed by atoms with Crippen LogP contribution in [0, 0.1) is 5.92 Å². The summed E-state index contributed by atoms with van der Waals surface area (Å²) < 4.78 is 0. The minimum absolute atomic E-state index is 0.0126. The zero-order chi connectivity index (χ0) is 14.4. The molecule has 2 N–H and O–H groups in total. The third-order valence-electron chi connectivity index (χ3n) is 3.88. The minimum atomic E-state index is -0.946. The fraction of sp³-hybridized carbons (Fsp3) is 0.500. The van der Waals surface area contributed by atoms with Gasteiger partial charge in [0.15, 0.2) is 0 Å². The van der Waals surface area contributed by atoms with E-state index < -0.39 is 5.97 Å². The third kappa shape index (κ3) is 4.37. The van der Waals surface area contributed by atoms with Crippen LogP contribution in [0.4, 0.5) is 0 Å². The van der Waals surface area contributed by atoms with Crippen LogP contribution in [0.2, 0.25) is 0 Å². The lowest BCUT2D eigenvalue weighted by atomic mass is 9.89. The minimum Gasteiger partial charge on any atom is -0.478 e. The summed E-state index contributed by atoms with van der Waals surface area (Å²) in [6.07, 6.45) is 6.61. The molecule has 0 bridgehead atoms. The SMILES string of the molecule is O=C(Cc1ccc(C(=O)O)cc1)NCC1CCCCC1. The van der Waals surface area contributed by atoms with Gasteiger partial charge >= 0.3 is 5.97 Å². The predicted octanol–water partition coefficient (Wildman–Crippen LogP) is 2.62. The lowest BCUT2D eigenvalue weighted by Gasteiger charge is -2.21. The number of carboxylic acid groups (broad SMARTS) is 1. The molecule has 1 saturated carbocycles. The van der Waals surface area contributed by atoms with Crippen LogP contribution in [0.25, 0.3) is 0 Å². The molecule has 0 spiro atoms. The average molecular weight is 275 g/mol. The van der Waals surface area contributed by atoms with Crippen LogP contribution in [0.1, 0.15) is 48.0 Å². The van der Waals surface area contributed by atoms with Crippen molar-refractivity contribution in [3.05, 3.63) is 35.4 Å². The number of hydrogen-bond acceptors (Lipinski definition) is 2. The molecule has 0 aliphatic heterocycles. The topological polar surface area (TPSA) is 66.4 Å². The molecule has 4 nitrogen and oxygen atoms in total. The first-order valence-electron chi connectivity index (χ1n) is 7.24. The van der Waals surface area contributed by atoms with Crippen molar-refractivity contribution in [3.8, 4) is 0 Å². The molecule has 0 atom stereocenters. The second-order valence-electron chi connectivity index (χ2n) is 5.49. The van der Waals surface area contributed by atoms with Crippen LogP contribution < -0.4 is 5.32 Å². The largest absolute Gasteiger partial charge is 0.478 e. The van der Waals surface area contributed by atoms with E-state index in [0.717, 1.165) is 12.1 Å². The summed E-state index contributed by atoms with van der Waals surface area (Å²) in [6.45, 7) is 0.770. The lowest BCUT2D eigenvalue weighted by Crippen LogP contribution is -2.31. The fourth-order valence-electron chi connectivity index (χ4n) is 2.66. The maximum Gasteiger partial charge on any atom is 0.335 e. The van der Waals surface area contributed by atoms with E-state index in [1.165, 1.54) is 44.2 Å². The fourth-order valence-corrected chi connectivity index (χ4v) is 2.66. The van der Waals surface area contributed by atoms with Crippen molar-refractivity contribution >= 4 is 11.9 Å². The number of carboxylic acids is 1. The molecule has 0 saturated heterocycles. The van der Waals surface area contributed by atoms with Gasteiger partial charge in [-0.1, -0.05) is 31.4 Å². The zero-order valence-electron chi connectivity index (χ0n) is 11.6. The van der Waals surface area contributed by atoms with Gasteiger partial charge in [-0.25, -0.2) is 4.79 Å². The van der Waals surface area contributed by atoms with Crippen LogP contribution in [-0.4, -0.2) is 23.5 Å². The van der Waals surface area contributed by atoms with Gasteiger partial charge in [0.1, 0.15) is 0 Å². The van der Waals surface area contributed by atoms with Gasteiger partial charge in [-0.3, -0.25) is 4.79 Å². The Morgan fingerprint density at radius 1 is 1.10 bits per heavy atom. The number of hydrogen-bond donors (Lipinski definition) is 2. The van der Waals surface area contributed by atoms with E-state index in [9.17, 15) is 9.59 Å². The van der Waals surface area contributed by atoms with Crippen molar-refractivity contribution in [2.24, 2.45) is 5.92 Å². The van der Waals surface area contributed by atoms with Crippen LogP contribution in [0.5, 0.6) is 0 Å². The highest BCUT2D eigenvalue weighted by Crippen LogP contribution is 2.22. The van der Waals surface area contributed by atoms with Gasteiger partial charge in [-0.05, 0) is 36.5 Å². The number of benzene rings is 1. The molecule has 2 rings (SSSR count). The smallest absolute Gasteiger partial charge is 0.335 e. The number of amides is 1. The molecule has 0 heterocycles.